The molecule has 4 aromatic rings. The van der Waals surface area contributed by atoms with E-state index in [2.05, 4.69) is 56.5 Å². The van der Waals surface area contributed by atoms with Gasteiger partial charge in [-0.1, -0.05) is 42.5 Å². The molecule has 0 spiro atoms. The van der Waals surface area contributed by atoms with E-state index in [1.54, 1.807) is 26.4 Å². The fraction of sp³-hybridized carbons (Fsp3) is 0.333. The van der Waals surface area contributed by atoms with Crippen LogP contribution in [0, 0.1) is 0 Å². The molecule has 11 heteroatoms. The average Bonchev–Trinajstić information content (AvgIpc) is 3.75. The van der Waals surface area contributed by atoms with Gasteiger partial charge in [0.1, 0.15) is 0 Å². The molecule has 3 heterocycles. The van der Waals surface area contributed by atoms with Crippen molar-refractivity contribution in [1.29, 1.82) is 0 Å². The summed E-state index contributed by atoms with van der Waals surface area (Å²) in [5.74, 6) is 0.161. The second-order valence-corrected chi connectivity index (χ2v) is 11.8. The molecule has 0 saturated carbocycles. The predicted molar refractivity (Wildman–Crippen MR) is 178 cm³/mol. The predicted octanol–water partition coefficient (Wildman–Crippen LogP) is 4.86. The topological polar surface area (TPSA) is 120 Å². The van der Waals surface area contributed by atoms with Crippen LogP contribution in [-0.4, -0.2) is 84.7 Å². The van der Waals surface area contributed by atoms with Crippen molar-refractivity contribution >= 4 is 23.4 Å². The third-order valence-electron chi connectivity index (χ3n) is 9.21. The fourth-order valence-corrected chi connectivity index (χ4v) is 6.60. The molecule has 11 nitrogen and oxygen atoms in total. The Morgan fingerprint density at radius 2 is 1.68 bits per heavy atom. The number of rotatable bonds is 12. The number of carbonyl (C=O) groups is 3. The summed E-state index contributed by atoms with van der Waals surface area (Å²) in [5, 5.41) is 9.36. The Hall–Kier alpha value is -5.16. The Kier molecular flexibility index (Phi) is 9.53. The standard InChI is InChI=1S/C36H40N6O5/c1-24(25-9-5-4-6-10-25)40-17-19-41(20-18-40)30-12-7-11-28-33(30)36(45)42(35(28)44)29(26-14-15-31(46-2)32(21-26)47-3)13-8-16-37-34(43)27-22-38-39-23-27/h4-7,9-12,14-15,21-24,29H,8,13,16-20H2,1-3H3,(H,37,43)(H,38,39)/t24-,29-/m1/s1. The summed E-state index contributed by atoms with van der Waals surface area (Å²) in [5.41, 5.74) is 4.09. The van der Waals surface area contributed by atoms with Crippen molar-refractivity contribution < 1.29 is 23.9 Å². The lowest BCUT2D eigenvalue weighted by Crippen LogP contribution is -2.47. The number of hydrogen-bond donors (Lipinski definition) is 2. The van der Waals surface area contributed by atoms with Crippen LogP contribution in [0.2, 0.25) is 0 Å². The first-order valence-electron chi connectivity index (χ1n) is 15.9. The Morgan fingerprint density at radius 1 is 0.915 bits per heavy atom. The zero-order chi connectivity index (χ0) is 32.9. The summed E-state index contributed by atoms with van der Waals surface area (Å²) in [6.07, 6.45) is 3.94. The third kappa shape index (κ3) is 6.44. The number of hydrogen-bond acceptors (Lipinski definition) is 8. The van der Waals surface area contributed by atoms with Crippen LogP contribution in [0.4, 0.5) is 5.69 Å². The highest BCUT2D eigenvalue weighted by Crippen LogP contribution is 2.40. The van der Waals surface area contributed by atoms with Gasteiger partial charge < -0.3 is 19.7 Å². The molecule has 0 aliphatic carbocycles. The van der Waals surface area contributed by atoms with Crippen LogP contribution in [0.3, 0.4) is 0 Å². The second kappa shape index (κ2) is 14.1. The number of carbonyl (C=O) groups excluding carboxylic acids is 3. The smallest absolute Gasteiger partial charge is 0.264 e. The number of H-pyrrole nitrogens is 1. The number of benzene rings is 3. The van der Waals surface area contributed by atoms with Crippen molar-refractivity contribution in [3.05, 3.63) is 107 Å². The highest BCUT2D eigenvalue weighted by molar-refractivity contribution is 6.24. The van der Waals surface area contributed by atoms with Crippen molar-refractivity contribution in [3.8, 4) is 11.5 Å². The molecule has 3 aromatic carbocycles. The number of fused-ring (bicyclic) bond motifs is 1. The SMILES string of the molecule is COc1ccc([C@@H](CCCNC(=O)c2cn[nH]c2)N2C(=O)c3cccc(N4CCN([C@H](C)c5ccccc5)CC4)c3C2=O)cc1OC. The first-order chi connectivity index (χ1) is 22.9. The van der Waals surface area contributed by atoms with Gasteiger partial charge >= 0.3 is 0 Å². The van der Waals surface area contributed by atoms with Crippen molar-refractivity contribution in [3.63, 3.8) is 0 Å². The Labute approximate surface area is 274 Å². The van der Waals surface area contributed by atoms with E-state index in [0.717, 1.165) is 37.4 Å². The van der Waals surface area contributed by atoms with Gasteiger partial charge in [-0.05, 0) is 55.2 Å². The van der Waals surface area contributed by atoms with Crippen molar-refractivity contribution in [2.24, 2.45) is 0 Å². The highest BCUT2D eigenvalue weighted by atomic mass is 16.5. The van der Waals surface area contributed by atoms with Crippen molar-refractivity contribution in [2.45, 2.75) is 31.8 Å². The summed E-state index contributed by atoms with van der Waals surface area (Å²) < 4.78 is 11.0. The number of amides is 3. The molecule has 244 valence electrons. The molecular weight excluding hydrogens is 596 g/mol. The molecule has 0 bridgehead atoms. The van der Waals surface area contributed by atoms with Crippen molar-refractivity contribution in [1.82, 2.24) is 25.3 Å². The van der Waals surface area contributed by atoms with Gasteiger partial charge in [0.2, 0.25) is 0 Å². The second-order valence-electron chi connectivity index (χ2n) is 11.8. The molecular formula is C36H40N6O5. The van der Waals surface area contributed by atoms with E-state index in [-0.39, 0.29) is 23.8 Å². The Morgan fingerprint density at radius 3 is 2.38 bits per heavy atom. The maximum Gasteiger partial charge on any atom is 0.264 e. The molecule has 2 atom stereocenters. The lowest BCUT2D eigenvalue weighted by Gasteiger charge is -2.39. The number of nitrogens with one attached hydrogen (secondary N) is 2. The quantitative estimate of drug-likeness (QED) is 0.167. The molecule has 2 aliphatic rings. The molecule has 47 heavy (non-hydrogen) atoms. The number of aromatic nitrogens is 2. The molecule has 2 N–H and O–H groups in total. The summed E-state index contributed by atoms with van der Waals surface area (Å²) in [6.45, 7) is 5.74. The minimum Gasteiger partial charge on any atom is -0.493 e. The number of anilines is 1. The van der Waals surface area contributed by atoms with Crippen LogP contribution < -0.4 is 19.7 Å². The molecule has 1 saturated heterocycles. The van der Waals surface area contributed by atoms with Gasteiger partial charge in [-0.15, -0.1) is 0 Å². The lowest BCUT2D eigenvalue weighted by molar-refractivity contribution is 0.0570. The first-order valence-corrected chi connectivity index (χ1v) is 15.9. The molecule has 1 fully saturated rings. The largest absolute Gasteiger partial charge is 0.493 e. The van der Waals surface area contributed by atoms with Crippen LogP contribution >= 0.6 is 0 Å². The zero-order valence-corrected chi connectivity index (χ0v) is 26.9. The zero-order valence-electron chi connectivity index (χ0n) is 26.9. The van der Waals surface area contributed by atoms with Gasteiger partial charge in [-0.2, -0.15) is 5.10 Å². The van der Waals surface area contributed by atoms with Gasteiger partial charge in [0.05, 0.1) is 48.8 Å². The van der Waals surface area contributed by atoms with E-state index in [1.807, 2.05) is 30.3 Å². The Bertz CT molecular complexity index is 1720. The van der Waals surface area contributed by atoms with E-state index < -0.39 is 6.04 Å². The summed E-state index contributed by atoms with van der Waals surface area (Å²) in [7, 11) is 3.11. The number of methoxy groups -OCH3 is 2. The molecule has 0 radical (unpaired) electrons. The van der Waals surface area contributed by atoms with Gasteiger partial charge in [0, 0.05) is 45.0 Å². The van der Waals surface area contributed by atoms with Crippen molar-refractivity contribution in [2.75, 3.05) is 51.8 Å². The molecule has 1 aromatic heterocycles. The maximum atomic E-state index is 14.3. The van der Waals surface area contributed by atoms with Gasteiger partial charge in [-0.25, -0.2) is 0 Å². The number of piperazine rings is 1. The molecule has 2 aliphatic heterocycles. The lowest BCUT2D eigenvalue weighted by atomic mass is 9.99. The first kappa shape index (κ1) is 31.8. The van der Waals surface area contributed by atoms with E-state index >= 15 is 0 Å². The van der Waals surface area contributed by atoms with Crippen LogP contribution in [0.15, 0.2) is 79.1 Å². The summed E-state index contributed by atoms with van der Waals surface area (Å²) in [6, 6.07) is 21.2. The van der Waals surface area contributed by atoms with E-state index in [9.17, 15) is 14.4 Å². The maximum absolute atomic E-state index is 14.3. The van der Waals surface area contributed by atoms with Gasteiger partial charge in [0.15, 0.2) is 11.5 Å². The van der Waals surface area contributed by atoms with E-state index in [1.165, 1.54) is 22.9 Å². The van der Waals surface area contributed by atoms with Gasteiger partial charge in [0.25, 0.3) is 17.7 Å². The normalized spacial score (nSPS) is 16.1. The van der Waals surface area contributed by atoms with Crippen LogP contribution in [0.5, 0.6) is 11.5 Å². The summed E-state index contributed by atoms with van der Waals surface area (Å²) in [4.78, 5) is 46.9. The average molecular weight is 637 g/mol. The molecule has 6 rings (SSSR count). The van der Waals surface area contributed by atoms with Crippen LogP contribution in [0.1, 0.15) is 74.0 Å². The van der Waals surface area contributed by atoms with Gasteiger partial charge in [-0.3, -0.25) is 29.3 Å². The van der Waals surface area contributed by atoms with E-state index in [0.29, 0.717) is 47.6 Å². The highest BCUT2D eigenvalue weighted by Gasteiger charge is 2.43. The molecule has 0 unspecified atom stereocenters. The number of ether oxygens (including phenoxy) is 2. The number of nitrogens with zero attached hydrogens (tertiary/aromatic N) is 4. The third-order valence-corrected chi connectivity index (χ3v) is 9.21. The Balaban J connectivity index is 1.23. The minimum absolute atomic E-state index is 0.245. The minimum atomic E-state index is -0.593. The number of imide groups is 1. The molecule has 3 amide bonds. The number of aromatic amines is 1. The monoisotopic (exact) mass is 636 g/mol. The fourth-order valence-electron chi connectivity index (χ4n) is 6.60. The van der Waals surface area contributed by atoms with E-state index in [4.69, 9.17) is 9.47 Å². The van der Waals surface area contributed by atoms with Crippen LogP contribution in [0.25, 0.3) is 0 Å². The van der Waals surface area contributed by atoms with Crippen LogP contribution in [-0.2, 0) is 0 Å². The summed E-state index contributed by atoms with van der Waals surface area (Å²) >= 11 is 0.